The van der Waals surface area contributed by atoms with E-state index in [0.29, 0.717) is 12.6 Å². The van der Waals surface area contributed by atoms with Crippen molar-refractivity contribution < 1.29 is 18.4 Å². The summed E-state index contributed by atoms with van der Waals surface area (Å²) in [6.45, 7) is 2.62. The molecule has 0 atom stereocenters. The SMILES string of the molecule is CCCCN(C)C(=O)c1cc(C(=O)Nc2ccc(F)cc2F)ccn1. The summed E-state index contributed by atoms with van der Waals surface area (Å²) in [5.74, 6) is -2.52. The minimum Gasteiger partial charge on any atom is -0.340 e. The molecule has 0 spiro atoms. The summed E-state index contributed by atoms with van der Waals surface area (Å²) >= 11 is 0. The van der Waals surface area contributed by atoms with Crippen molar-refractivity contribution in [3.8, 4) is 0 Å². The molecule has 2 amide bonds. The van der Waals surface area contributed by atoms with Gasteiger partial charge in [-0.25, -0.2) is 8.78 Å². The number of benzene rings is 1. The fourth-order valence-electron chi connectivity index (χ4n) is 2.17. The van der Waals surface area contributed by atoms with Crippen LogP contribution in [0, 0.1) is 11.6 Å². The summed E-state index contributed by atoms with van der Waals surface area (Å²) in [4.78, 5) is 30.1. The van der Waals surface area contributed by atoms with Crippen LogP contribution in [0.5, 0.6) is 0 Å². The van der Waals surface area contributed by atoms with Crippen LogP contribution in [0.25, 0.3) is 0 Å². The van der Waals surface area contributed by atoms with Crippen molar-refractivity contribution in [3.05, 3.63) is 59.4 Å². The number of halogens is 2. The Bertz CT molecular complexity index is 781. The van der Waals surface area contributed by atoms with Crippen molar-refractivity contribution in [2.75, 3.05) is 18.9 Å². The van der Waals surface area contributed by atoms with Crippen molar-refractivity contribution in [2.45, 2.75) is 19.8 Å². The van der Waals surface area contributed by atoms with E-state index >= 15 is 0 Å². The van der Waals surface area contributed by atoms with Gasteiger partial charge in [-0.3, -0.25) is 14.6 Å². The van der Waals surface area contributed by atoms with Crippen LogP contribution in [0.1, 0.15) is 40.6 Å². The lowest BCUT2D eigenvalue weighted by Crippen LogP contribution is -2.28. The molecule has 0 saturated carbocycles. The van der Waals surface area contributed by atoms with E-state index in [9.17, 15) is 18.4 Å². The third kappa shape index (κ3) is 4.82. The summed E-state index contributed by atoms with van der Waals surface area (Å²) in [5.41, 5.74) is 0.146. The van der Waals surface area contributed by atoms with Crippen molar-refractivity contribution >= 4 is 17.5 Å². The molecular weight excluding hydrogens is 328 g/mol. The number of aromatic nitrogens is 1. The van der Waals surface area contributed by atoms with E-state index in [1.807, 2.05) is 6.92 Å². The Morgan fingerprint density at radius 1 is 1.20 bits per heavy atom. The number of hydrogen-bond donors (Lipinski definition) is 1. The van der Waals surface area contributed by atoms with Crippen molar-refractivity contribution in [1.29, 1.82) is 0 Å². The summed E-state index contributed by atoms with van der Waals surface area (Å²) in [6, 6.07) is 5.62. The van der Waals surface area contributed by atoms with Crippen LogP contribution in [0.3, 0.4) is 0 Å². The lowest BCUT2D eigenvalue weighted by atomic mass is 10.2. The molecule has 25 heavy (non-hydrogen) atoms. The number of hydrogen-bond acceptors (Lipinski definition) is 3. The highest BCUT2D eigenvalue weighted by Gasteiger charge is 2.16. The molecule has 0 unspecified atom stereocenters. The highest BCUT2D eigenvalue weighted by atomic mass is 19.1. The van der Waals surface area contributed by atoms with Crippen molar-refractivity contribution in [3.63, 3.8) is 0 Å². The number of anilines is 1. The molecule has 0 aliphatic heterocycles. The molecule has 132 valence electrons. The summed E-state index contributed by atoms with van der Waals surface area (Å²) in [6.07, 6.45) is 3.17. The second kappa shape index (κ2) is 8.32. The normalized spacial score (nSPS) is 10.4. The third-order valence-corrected chi connectivity index (χ3v) is 3.61. The van der Waals surface area contributed by atoms with Crippen LogP contribution in [0.2, 0.25) is 0 Å². The minimum atomic E-state index is -0.877. The zero-order chi connectivity index (χ0) is 18.4. The van der Waals surface area contributed by atoms with E-state index in [1.54, 1.807) is 7.05 Å². The number of amides is 2. The summed E-state index contributed by atoms with van der Waals surface area (Å²) < 4.78 is 26.5. The van der Waals surface area contributed by atoms with E-state index in [0.717, 1.165) is 25.0 Å². The van der Waals surface area contributed by atoms with Crippen LogP contribution >= 0.6 is 0 Å². The first-order valence-corrected chi connectivity index (χ1v) is 7.90. The Labute approximate surface area is 144 Å². The Kier molecular flexibility index (Phi) is 6.16. The zero-order valence-corrected chi connectivity index (χ0v) is 14.1. The Hall–Kier alpha value is -2.83. The molecule has 0 fully saturated rings. The van der Waals surface area contributed by atoms with E-state index in [2.05, 4.69) is 10.3 Å². The van der Waals surface area contributed by atoms with Crippen LogP contribution < -0.4 is 5.32 Å². The number of carbonyl (C=O) groups is 2. The molecule has 0 aliphatic rings. The fourth-order valence-corrected chi connectivity index (χ4v) is 2.17. The maximum Gasteiger partial charge on any atom is 0.272 e. The van der Waals surface area contributed by atoms with Crippen LogP contribution in [0.4, 0.5) is 14.5 Å². The molecule has 2 aromatic rings. The van der Waals surface area contributed by atoms with Crippen LogP contribution in [-0.4, -0.2) is 35.3 Å². The van der Waals surface area contributed by atoms with E-state index < -0.39 is 17.5 Å². The highest BCUT2D eigenvalue weighted by Crippen LogP contribution is 2.16. The van der Waals surface area contributed by atoms with E-state index in [1.165, 1.54) is 23.2 Å². The first-order chi connectivity index (χ1) is 11.9. The number of rotatable bonds is 6. The molecule has 0 aliphatic carbocycles. The second-order valence-electron chi connectivity index (χ2n) is 5.59. The zero-order valence-electron chi connectivity index (χ0n) is 14.1. The Morgan fingerprint density at radius 2 is 1.96 bits per heavy atom. The number of pyridine rings is 1. The van der Waals surface area contributed by atoms with Gasteiger partial charge in [0.15, 0.2) is 0 Å². The van der Waals surface area contributed by atoms with Crippen LogP contribution in [-0.2, 0) is 0 Å². The van der Waals surface area contributed by atoms with Gasteiger partial charge in [0, 0.05) is 31.4 Å². The molecular formula is C18H19F2N3O2. The van der Waals surface area contributed by atoms with E-state index in [-0.39, 0.29) is 22.9 Å². The van der Waals surface area contributed by atoms with Crippen LogP contribution in [0.15, 0.2) is 36.5 Å². The molecule has 1 heterocycles. The average Bonchev–Trinajstić information content (AvgIpc) is 2.61. The molecule has 1 N–H and O–H groups in total. The van der Waals surface area contributed by atoms with Gasteiger partial charge in [-0.2, -0.15) is 0 Å². The standard InChI is InChI=1S/C18H19F2N3O2/c1-3-4-9-23(2)18(25)16-10-12(7-8-21-16)17(24)22-15-6-5-13(19)11-14(15)20/h5-8,10-11H,3-4,9H2,1-2H3,(H,22,24). The Morgan fingerprint density at radius 3 is 2.64 bits per heavy atom. The molecule has 0 radical (unpaired) electrons. The highest BCUT2D eigenvalue weighted by molar-refractivity contribution is 6.05. The van der Waals surface area contributed by atoms with Crippen molar-refractivity contribution in [2.24, 2.45) is 0 Å². The lowest BCUT2D eigenvalue weighted by Gasteiger charge is -2.16. The molecule has 1 aromatic heterocycles. The van der Waals surface area contributed by atoms with Gasteiger partial charge in [-0.15, -0.1) is 0 Å². The lowest BCUT2D eigenvalue weighted by molar-refractivity contribution is 0.0787. The molecule has 0 bridgehead atoms. The topological polar surface area (TPSA) is 62.3 Å². The fraction of sp³-hybridized carbons (Fsp3) is 0.278. The summed E-state index contributed by atoms with van der Waals surface area (Å²) in [5, 5.41) is 2.35. The van der Waals surface area contributed by atoms with Gasteiger partial charge in [-0.05, 0) is 30.7 Å². The van der Waals surface area contributed by atoms with Gasteiger partial charge in [0.2, 0.25) is 0 Å². The van der Waals surface area contributed by atoms with Gasteiger partial charge in [-0.1, -0.05) is 13.3 Å². The van der Waals surface area contributed by atoms with Gasteiger partial charge in [0.25, 0.3) is 11.8 Å². The minimum absolute atomic E-state index is 0.130. The number of carbonyl (C=O) groups excluding carboxylic acids is 2. The van der Waals surface area contributed by atoms with Gasteiger partial charge in [0.05, 0.1) is 5.69 Å². The first kappa shape index (κ1) is 18.5. The van der Waals surface area contributed by atoms with Gasteiger partial charge >= 0.3 is 0 Å². The molecule has 5 nitrogen and oxygen atoms in total. The molecule has 1 aromatic carbocycles. The molecule has 7 heteroatoms. The smallest absolute Gasteiger partial charge is 0.272 e. The predicted molar refractivity (Wildman–Crippen MR) is 90.4 cm³/mol. The number of nitrogens with zero attached hydrogens (tertiary/aromatic N) is 2. The average molecular weight is 347 g/mol. The summed E-state index contributed by atoms with van der Waals surface area (Å²) in [7, 11) is 1.67. The predicted octanol–water partition coefficient (Wildman–Crippen LogP) is 3.48. The van der Waals surface area contributed by atoms with Gasteiger partial charge < -0.3 is 10.2 Å². The number of unbranched alkanes of at least 4 members (excludes halogenated alkanes) is 1. The second-order valence-corrected chi connectivity index (χ2v) is 5.59. The van der Waals surface area contributed by atoms with E-state index in [4.69, 9.17) is 0 Å². The Balaban J connectivity index is 2.14. The third-order valence-electron chi connectivity index (χ3n) is 3.61. The monoisotopic (exact) mass is 347 g/mol. The maximum absolute atomic E-state index is 13.6. The molecule has 2 rings (SSSR count). The first-order valence-electron chi connectivity index (χ1n) is 7.90. The quantitative estimate of drug-likeness (QED) is 0.870. The molecule has 0 saturated heterocycles. The van der Waals surface area contributed by atoms with Gasteiger partial charge in [0.1, 0.15) is 17.3 Å². The number of nitrogens with one attached hydrogen (secondary N) is 1. The maximum atomic E-state index is 13.6. The largest absolute Gasteiger partial charge is 0.340 e. The van der Waals surface area contributed by atoms with Crippen molar-refractivity contribution in [1.82, 2.24) is 9.88 Å².